The Balaban J connectivity index is 0.000000223. The molecule has 0 heterocycles. The van der Waals surface area contributed by atoms with Gasteiger partial charge in [0.25, 0.3) is 0 Å². The lowest BCUT2D eigenvalue weighted by Gasteiger charge is -2.53. The Kier molecular flexibility index (Phi) is 13.3. The van der Waals surface area contributed by atoms with Crippen molar-refractivity contribution in [2.75, 3.05) is 0 Å². The molecule has 0 aromatic carbocycles. The van der Waals surface area contributed by atoms with Gasteiger partial charge in [0.05, 0.1) is 0 Å². The first-order chi connectivity index (χ1) is 14.2. The molecule has 180 valence electrons. The molecule has 0 aromatic rings. The van der Waals surface area contributed by atoms with Crippen LogP contribution < -0.4 is 0 Å². The highest BCUT2D eigenvalue weighted by molar-refractivity contribution is 4.95. The smallest absolute Gasteiger partial charge is 0.0357 e. The van der Waals surface area contributed by atoms with E-state index in [1.807, 2.05) is 13.8 Å². The van der Waals surface area contributed by atoms with Gasteiger partial charge in [-0.25, -0.2) is 0 Å². The van der Waals surface area contributed by atoms with Crippen molar-refractivity contribution < 1.29 is 0 Å². The zero-order valence-electron chi connectivity index (χ0n) is 22.8. The zero-order chi connectivity index (χ0) is 22.8. The predicted molar refractivity (Wildman–Crippen MR) is 138 cm³/mol. The first kappa shape index (κ1) is 28.0. The Morgan fingerprint density at radius 1 is 0.333 bits per heavy atom. The fourth-order valence-electron chi connectivity index (χ4n) is 6.96. The molecule has 0 heteroatoms. The second kappa shape index (κ2) is 14.2. The highest BCUT2D eigenvalue weighted by atomic mass is 14.5. The van der Waals surface area contributed by atoms with E-state index < -0.39 is 0 Å². The Labute approximate surface area is 192 Å². The monoisotopic (exact) mass is 420 g/mol. The van der Waals surface area contributed by atoms with Crippen LogP contribution in [0, 0.1) is 59.2 Å². The molecule has 5 fully saturated rings. The van der Waals surface area contributed by atoms with Gasteiger partial charge in [0, 0.05) is 0 Å². The van der Waals surface area contributed by atoms with Crippen LogP contribution in [0.1, 0.15) is 133 Å². The predicted octanol–water partition coefficient (Wildman–Crippen LogP) is 10.3. The number of fused-ring (bicyclic) bond motifs is 3. The summed E-state index contributed by atoms with van der Waals surface area (Å²) in [6, 6.07) is 0. The second-order valence-electron chi connectivity index (χ2n) is 11.8. The largest absolute Gasteiger partial charge is 0.0683 e. The van der Waals surface area contributed by atoms with Crippen molar-refractivity contribution in [3.8, 4) is 0 Å². The normalized spacial score (nSPS) is 45.0. The highest BCUT2D eigenvalue weighted by Gasteiger charge is 2.46. The molecule has 0 radical (unpaired) electrons. The topological polar surface area (TPSA) is 0 Å². The lowest BCUT2D eigenvalue weighted by Crippen LogP contribution is -2.47. The summed E-state index contributed by atoms with van der Waals surface area (Å²) >= 11 is 0. The SMILES string of the molecule is CC.CC1C(C)C2CCC1C(C)C2C.CC1CCCCC1C.CC1CCCCC1C. The Morgan fingerprint density at radius 3 is 0.700 bits per heavy atom. The molecule has 0 amide bonds. The van der Waals surface area contributed by atoms with Gasteiger partial charge < -0.3 is 0 Å². The van der Waals surface area contributed by atoms with Crippen molar-refractivity contribution >= 4 is 0 Å². The molecule has 0 saturated heterocycles. The van der Waals surface area contributed by atoms with Crippen LogP contribution in [0.2, 0.25) is 0 Å². The van der Waals surface area contributed by atoms with Crippen LogP contribution in [0.25, 0.3) is 0 Å². The molecule has 30 heavy (non-hydrogen) atoms. The Hall–Kier alpha value is 0. The number of hydrogen-bond acceptors (Lipinski definition) is 0. The molecule has 0 aromatic heterocycles. The van der Waals surface area contributed by atoms with E-state index in [1.165, 1.54) is 64.2 Å². The molecule has 0 spiro atoms. The summed E-state index contributed by atoms with van der Waals surface area (Å²) in [6.07, 6.45) is 14.8. The molecule has 8 atom stereocenters. The Morgan fingerprint density at radius 2 is 0.533 bits per heavy atom. The maximum atomic E-state index is 2.48. The van der Waals surface area contributed by atoms with E-state index in [1.54, 1.807) is 0 Å². The third kappa shape index (κ3) is 7.85. The molecular weight excluding hydrogens is 360 g/mol. The van der Waals surface area contributed by atoms with E-state index in [9.17, 15) is 0 Å². The van der Waals surface area contributed by atoms with Crippen LogP contribution in [0.3, 0.4) is 0 Å². The summed E-state index contributed by atoms with van der Waals surface area (Å²) in [4.78, 5) is 0. The minimum absolute atomic E-state index is 0.995. The third-order valence-electron chi connectivity index (χ3n) is 10.3. The molecule has 8 unspecified atom stereocenters. The lowest BCUT2D eigenvalue weighted by molar-refractivity contribution is -0.0466. The van der Waals surface area contributed by atoms with Crippen molar-refractivity contribution in [2.45, 2.75) is 133 Å². The lowest BCUT2D eigenvalue weighted by atomic mass is 9.52. The minimum Gasteiger partial charge on any atom is -0.0683 e. The van der Waals surface area contributed by atoms with Crippen LogP contribution in [0.5, 0.6) is 0 Å². The van der Waals surface area contributed by atoms with Gasteiger partial charge in [0.15, 0.2) is 0 Å². The molecule has 5 aliphatic carbocycles. The summed E-state index contributed by atoms with van der Waals surface area (Å²) in [5.74, 6) is 10.1. The van der Waals surface area contributed by atoms with Crippen molar-refractivity contribution in [1.82, 2.24) is 0 Å². The molecular formula is C30H60. The molecule has 0 N–H and O–H groups in total. The summed E-state index contributed by atoms with van der Waals surface area (Å²) in [7, 11) is 0. The van der Waals surface area contributed by atoms with Gasteiger partial charge in [-0.3, -0.25) is 0 Å². The van der Waals surface area contributed by atoms with E-state index in [0.29, 0.717) is 0 Å². The van der Waals surface area contributed by atoms with Crippen LogP contribution in [-0.2, 0) is 0 Å². The van der Waals surface area contributed by atoms with Gasteiger partial charge in [-0.05, 0) is 72.0 Å². The van der Waals surface area contributed by atoms with E-state index >= 15 is 0 Å². The van der Waals surface area contributed by atoms with E-state index in [4.69, 9.17) is 0 Å². The Bertz CT molecular complexity index is 350. The summed E-state index contributed by atoms with van der Waals surface area (Å²) in [6.45, 7) is 23.4. The van der Waals surface area contributed by atoms with Crippen LogP contribution in [0.4, 0.5) is 0 Å². The first-order valence-corrected chi connectivity index (χ1v) is 14.2. The van der Waals surface area contributed by atoms with Crippen LogP contribution in [0.15, 0.2) is 0 Å². The summed E-state index contributed by atoms with van der Waals surface area (Å²) in [5, 5.41) is 0. The van der Waals surface area contributed by atoms with Crippen molar-refractivity contribution in [3.05, 3.63) is 0 Å². The average Bonchev–Trinajstić information content (AvgIpc) is 2.75. The number of hydrogen-bond donors (Lipinski definition) is 0. The van der Waals surface area contributed by atoms with Crippen molar-refractivity contribution in [2.24, 2.45) is 59.2 Å². The van der Waals surface area contributed by atoms with Crippen LogP contribution in [-0.4, -0.2) is 0 Å². The third-order valence-corrected chi connectivity index (χ3v) is 10.3. The summed E-state index contributed by atoms with van der Waals surface area (Å²) in [5.41, 5.74) is 0. The molecule has 5 saturated carbocycles. The maximum absolute atomic E-state index is 2.48. The van der Waals surface area contributed by atoms with Gasteiger partial charge in [-0.2, -0.15) is 0 Å². The van der Waals surface area contributed by atoms with Gasteiger partial charge in [0.2, 0.25) is 0 Å². The molecule has 5 rings (SSSR count). The van der Waals surface area contributed by atoms with E-state index in [2.05, 4.69) is 55.4 Å². The zero-order valence-corrected chi connectivity index (χ0v) is 22.8. The molecule has 0 nitrogen and oxygen atoms in total. The minimum atomic E-state index is 0.995. The quantitative estimate of drug-likeness (QED) is 0.365. The molecule has 0 aliphatic heterocycles. The molecule has 2 bridgehead atoms. The van der Waals surface area contributed by atoms with Gasteiger partial charge in [0.1, 0.15) is 0 Å². The maximum Gasteiger partial charge on any atom is -0.0357 e. The van der Waals surface area contributed by atoms with Crippen molar-refractivity contribution in [3.63, 3.8) is 0 Å². The van der Waals surface area contributed by atoms with Crippen LogP contribution >= 0.6 is 0 Å². The molecule has 5 aliphatic rings. The first-order valence-electron chi connectivity index (χ1n) is 14.2. The second-order valence-corrected chi connectivity index (χ2v) is 11.8. The van der Waals surface area contributed by atoms with Gasteiger partial charge in [-0.1, -0.05) is 121 Å². The van der Waals surface area contributed by atoms with E-state index in [-0.39, 0.29) is 0 Å². The summed E-state index contributed by atoms with van der Waals surface area (Å²) < 4.78 is 0. The average molecular weight is 421 g/mol. The van der Waals surface area contributed by atoms with Gasteiger partial charge in [-0.15, -0.1) is 0 Å². The van der Waals surface area contributed by atoms with Crippen molar-refractivity contribution in [1.29, 1.82) is 0 Å². The standard InChI is InChI=1S/C12H22.2C8H16.C2H6/c1-7-8(2)12-6-5-11(7)9(3)10(12)4;2*1-7-5-3-4-6-8(7)2;1-2/h7-12H,5-6H2,1-4H3;2*7-8H,3-6H2,1-2H3;1-2H3. The highest BCUT2D eigenvalue weighted by Crippen LogP contribution is 2.54. The number of rotatable bonds is 0. The fourth-order valence-corrected chi connectivity index (χ4v) is 6.96. The van der Waals surface area contributed by atoms with E-state index in [0.717, 1.165) is 59.2 Å². The van der Waals surface area contributed by atoms with Gasteiger partial charge >= 0.3 is 0 Å². The fraction of sp³-hybridized carbons (Fsp3) is 1.00.